The van der Waals surface area contributed by atoms with Gasteiger partial charge in [0.05, 0.1) is 17.7 Å². The minimum atomic E-state index is -0.583. The lowest BCUT2D eigenvalue weighted by atomic mass is 10.0. The summed E-state index contributed by atoms with van der Waals surface area (Å²) in [7, 11) is 1.73. The first kappa shape index (κ1) is 22.4. The summed E-state index contributed by atoms with van der Waals surface area (Å²) in [6, 6.07) is 10.7. The van der Waals surface area contributed by atoms with E-state index < -0.39 is 12.1 Å². The molecular formula is C23H28ClN5O3. The summed E-state index contributed by atoms with van der Waals surface area (Å²) in [5.74, 6) is 0.262. The number of piperidine rings is 1. The summed E-state index contributed by atoms with van der Waals surface area (Å²) in [5.41, 5.74) is 1.98. The molecule has 0 aliphatic carbocycles. The Bertz CT molecular complexity index is 938. The Kier molecular flexibility index (Phi) is 7.12. The molecule has 8 nitrogen and oxygen atoms in total. The van der Waals surface area contributed by atoms with Crippen LogP contribution in [0.25, 0.3) is 0 Å². The standard InChI is InChI=1S/C23H28ClN5O3/c1-32-15-19-4-2-12-28(19)17-7-9-18(10-8-17)29-13-3-5-20(22(29)30)26-23(31)27-21-11-6-16(24)14-25-21/h6-11,14,19-20H,2-5,12-13,15H2,1H3,(H2,25,26,27,31)/t19-,20+/m0/s1. The molecule has 2 fully saturated rings. The second kappa shape index (κ2) is 10.2. The van der Waals surface area contributed by atoms with Crippen LogP contribution < -0.4 is 20.4 Å². The van der Waals surface area contributed by atoms with Crippen LogP contribution in [0.3, 0.4) is 0 Å². The third-order valence-corrected chi connectivity index (χ3v) is 6.17. The van der Waals surface area contributed by atoms with Crippen molar-refractivity contribution in [3.8, 4) is 0 Å². The van der Waals surface area contributed by atoms with Gasteiger partial charge in [0, 0.05) is 37.8 Å². The van der Waals surface area contributed by atoms with Crippen LogP contribution in [0.5, 0.6) is 0 Å². The van der Waals surface area contributed by atoms with E-state index in [2.05, 4.69) is 32.7 Å². The van der Waals surface area contributed by atoms with Gasteiger partial charge in [-0.05, 0) is 62.1 Å². The number of aromatic nitrogens is 1. The van der Waals surface area contributed by atoms with Crippen LogP contribution in [0.1, 0.15) is 25.7 Å². The molecule has 0 unspecified atom stereocenters. The van der Waals surface area contributed by atoms with Crippen LogP contribution >= 0.6 is 11.6 Å². The van der Waals surface area contributed by atoms with Crippen molar-refractivity contribution in [3.05, 3.63) is 47.6 Å². The first-order valence-corrected chi connectivity index (χ1v) is 11.3. The van der Waals surface area contributed by atoms with Crippen molar-refractivity contribution in [1.29, 1.82) is 0 Å². The van der Waals surface area contributed by atoms with E-state index in [0.717, 1.165) is 37.2 Å². The highest BCUT2D eigenvalue weighted by molar-refractivity contribution is 6.30. The molecule has 2 aromatic rings. The van der Waals surface area contributed by atoms with Crippen LogP contribution in [-0.2, 0) is 9.53 Å². The number of urea groups is 1. The zero-order valence-corrected chi connectivity index (χ0v) is 18.8. The lowest BCUT2D eigenvalue weighted by molar-refractivity contribution is -0.121. The van der Waals surface area contributed by atoms with E-state index in [-0.39, 0.29) is 5.91 Å². The second-order valence-corrected chi connectivity index (χ2v) is 8.54. The third-order valence-electron chi connectivity index (χ3n) is 5.94. The molecule has 32 heavy (non-hydrogen) atoms. The van der Waals surface area contributed by atoms with Gasteiger partial charge in [0.15, 0.2) is 0 Å². The first-order valence-electron chi connectivity index (χ1n) is 10.9. The average molecular weight is 458 g/mol. The highest BCUT2D eigenvalue weighted by atomic mass is 35.5. The molecule has 3 heterocycles. The molecule has 2 saturated heterocycles. The van der Waals surface area contributed by atoms with Gasteiger partial charge in [0.25, 0.3) is 0 Å². The van der Waals surface area contributed by atoms with Crippen molar-refractivity contribution >= 4 is 40.7 Å². The molecule has 3 amide bonds. The van der Waals surface area contributed by atoms with Gasteiger partial charge in [-0.15, -0.1) is 0 Å². The SMILES string of the molecule is COC[C@@H]1CCCN1c1ccc(N2CCC[C@@H](NC(=O)Nc3ccc(Cl)cn3)C2=O)cc1. The number of methoxy groups -OCH3 is 1. The van der Waals surface area contributed by atoms with Crippen LogP contribution in [-0.4, -0.2) is 55.8 Å². The summed E-state index contributed by atoms with van der Waals surface area (Å²) in [6.07, 6.45) is 5.14. The number of benzene rings is 1. The van der Waals surface area contributed by atoms with Gasteiger partial charge in [0.1, 0.15) is 11.9 Å². The van der Waals surface area contributed by atoms with Crippen molar-refractivity contribution in [2.45, 2.75) is 37.8 Å². The quantitative estimate of drug-likeness (QED) is 0.691. The van der Waals surface area contributed by atoms with Gasteiger partial charge in [-0.2, -0.15) is 0 Å². The molecule has 0 bridgehead atoms. The number of hydrogen-bond donors (Lipinski definition) is 2. The Morgan fingerprint density at radius 1 is 1.12 bits per heavy atom. The minimum absolute atomic E-state index is 0.110. The Morgan fingerprint density at radius 2 is 1.88 bits per heavy atom. The van der Waals surface area contributed by atoms with Gasteiger partial charge in [-0.25, -0.2) is 9.78 Å². The second-order valence-electron chi connectivity index (χ2n) is 8.11. The molecular weight excluding hydrogens is 430 g/mol. The Hall–Kier alpha value is -2.84. The maximum Gasteiger partial charge on any atom is 0.321 e. The van der Waals surface area contributed by atoms with Crippen molar-refractivity contribution in [1.82, 2.24) is 10.3 Å². The number of carbonyl (C=O) groups is 2. The van der Waals surface area contributed by atoms with E-state index in [1.54, 1.807) is 24.1 Å². The van der Waals surface area contributed by atoms with Crippen molar-refractivity contribution in [2.24, 2.45) is 0 Å². The molecule has 4 rings (SSSR count). The molecule has 0 spiro atoms. The number of nitrogens with one attached hydrogen (secondary N) is 2. The van der Waals surface area contributed by atoms with Crippen LogP contribution in [0.4, 0.5) is 22.0 Å². The molecule has 2 aliphatic rings. The number of anilines is 3. The highest BCUT2D eigenvalue weighted by Crippen LogP contribution is 2.29. The predicted octanol–water partition coefficient (Wildman–Crippen LogP) is 3.67. The fourth-order valence-electron chi connectivity index (χ4n) is 4.39. The van der Waals surface area contributed by atoms with E-state index in [4.69, 9.17) is 16.3 Å². The van der Waals surface area contributed by atoms with Crippen molar-refractivity contribution < 1.29 is 14.3 Å². The van der Waals surface area contributed by atoms with Gasteiger partial charge < -0.3 is 19.9 Å². The number of nitrogens with zero attached hydrogens (tertiary/aromatic N) is 3. The van der Waals surface area contributed by atoms with Crippen LogP contribution in [0, 0.1) is 0 Å². The Morgan fingerprint density at radius 3 is 2.59 bits per heavy atom. The normalized spacial score (nSPS) is 21.0. The van der Waals surface area contributed by atoms with E-state index in [1.165, 1.54) is 6.20 Å². The number of hydrogen-bond acceptors (Lipinski definition) is 5. The first-order chi connectivity index (χ1) is 15.5. The van der Waals surface area contributed by atoms with Crippen molar-refractivity contribution in [2.75, 3.05) is 41.9 Å². The molecule has 0 radical (unpaired) electrons. The zero-order chi connectivity index (χ0) is 22.5. The predicted molar refractivity (Wildman–Crippen MR) is 125 cm³/mol. The zero-order valence-electron chi connectivity index (χ0n) is 18.1. The number of pyridine rings is 1. The molecule has 9 heteroatoms. The summed E-state index contributed by atoms with van der Waals surface area (Å²) in [5, 5.41) is 5.89. The van der Waals surface area contributed by atoms with Gasteiger partial charge in [-0.1, -0.05) is 11.6 Å². The molecule has 2 atom stereocenters. The van der Waals surface area contributed by atoms with Gasteiger partial charge in [0.2, 0.25) is 5.91 Å². The number of halogens is 1. The largest absolute Gasteiger partial charge is 0.383 e. The van der Waals surface area contributed by atoms with E-state index >= 15 is 0 Å². The third kappa shape index (κ3) is 5.14. The summed E-state index contributed by atoms with van der Waals surface area (Å²) in [4.78, 5) is 33.6. The molecule has 170 valence electrons. The smallest absolute Gasteiger partial charge is 0.321 e. The topological polar surface area (TPSA) is 86.8 Å². The molecule has 2 aliphatic heterocycles. The molecule has 1 aromatic carbocycles. The monoisotopic (exact) mass is 457 g/mol. The fourth-order valence-corrected chi connectivity index (χ4v) is 4.50. The molecule has 0 saturated carbocycles. The number of rotatable bonds is 6. The summed E-state index contributed by atoms with van der Waals surface area (Å²) >= 11 is 5.82. The Labute approximate surface area is 192 Å². The van der Waals surface area contributed by atoms with E-state index in [1.807, 2.05) is 12.1 Å². The maximum absolute atomic E-state index is 13.1. The number of amides is 3. The lowest BCUT2D eigenvalue weighted by Gasteiger charge is -2.33. The number of ether oxygens (including phenoxy) is 1. The van der Waals surface area contributed by atoms with Crippen LogP contribution in [0.2, 0.25) is 5.02 Å². The van der Waals surface area contributed by atoms with Gasteiger partial charge in [-0.3, -0.25) is 10.1 Å². The molecule has 2 N–H and O–H groups in total. The highest BCUT2D eigenvalue weighted by Gasteiger charge is 2.31. The number of carbonyl (C=O) groups excluding carboxylic acids is 2. The van der Waals surface area contributed by atoms with E-state index in [9.17, 15) is 9.59 Å². The summed E-state index contributed by atoms with van der Waals surface area (Å²) in [6.45, 7) is 2.36. The lowest BCUT2D eigenvalue weighted by Crippen LogP contribution is -2.53. The summed E-state index contributed by atoms with van der Waals surface area (Å²) < 4.78 is 5.35. The Balaban J connectivity index is 1.38. The average Bonchev–Trinajstić information content (AvgIpc) is 3.25. The molecule has 1 aromatic heterocycles. The van der Waals surface area contributed by atoms with Gasteiger partial charge >= 0.3 is 6.03 Å². The fraction of sp³-hybridized carbons (Fsp3) is 0.435. The van der Waals surface area contributed by atoms with Crippen LogP contribution in [0.15, 0.2) is 42.6 Å². The maximum atomic E-state index is 13.1. The van der Waals surface area contributed by atoms with E-state index in [0.29, 0.717) is 36.5 Å². The van der Waals surface area contributed by atoms with Crippen molar-refractivity contribution in [3.63, 3.8) is 0 Å². The minimum Gasteiger partial charge on any atom is -0.383 e.